The zero-order chi connectivity index (χ0) is 14.9. The summed E-state index contributed by atoms with van der Waals surface area (Å²) in [5, 5.41) is 3.89. The van der Waals surface area contributed by atoms with Crippen LogP contribution in [0.1, 0.15) is 42.6 Å². The van der Waals surface area contributed by atoms with Crippen molar-refractivity contribution in [3.05, 3.63) is 27.0 Å². The van der Waals surface area contributed by atoms with Crippen LogP contribution in [0.4, 0.5) is 0 Å². The minimum Gasteiger partial charge on any atom is -0.346 e. The highest BCUT2D eigenvalue weighted by Gasteiger charge is 2.23. The van der Waals surface area contributed by atoms with E-state index in [1.807, 2.05) is 32.9 Å². The van der Waals surface area contributed by atoms with Gasteiger partial charge in [-0.2, -0.15) is 0 Å². The Morgan fingerprint density at radius 2 is 2.10 bits per heavy atom. The molecule has 0 spiro atoms. The zero-order valence-corrected chi connectivity index (χ0v) is 14.3. The molecule has 0 unspecified atom stereocenters. The summed E-state index contributed by atoms with van der Waals surface area (Å²) in [4.78, 5) is 18.5. The van der Waals surface area contributed by atoms with Crippen molar-refractivity contribution in [1.29, 1.82) is 0 Å². The molecule has 0 aliphatic rings. The van der Waals surface area contributed by atoms with Gasteiger partial charge in [0.2, 0.25) is 0 Å². The van der Waals surface area contributed by atoms with Crippen LogP contribution in [-0.4, -0.2) is 16.4 Å². The van der Waals surface area contributed by atoms with Crippen molar-refractivity contribution in [2.45, 2.75) is 39.7 Å². The summed E-state index contributed by atoms with van der Waals surface area (Å²) in [6, 6.07) is 3.78. The van der Waals surface area contributed by atoms with Crippen LogP contribution in [0.3, 0.4) is 0 Å². The molecule has 0 aliphatic carbocycles. The van der Waals surface area contributed by atoms with Crippen molar-refractivity contribution < 1.29 is 4.79 Å². The van der Waals surface area contributed by atoms with E-state index >= 15 is 0 Å². The van der Waals surface area contributed by atoms with E-state index in [2.05, 4.69) is 17.2 Å². The topological polar surface area (TPSA) is 42.0 Å². The molecule has 108 valence electrons. The number of nitrogens with zero attached hydrogens (tertiary/aromatic N) is 1. The molecule has 1 N–H and O–H groups in total. The SMILES string of the molecule is CCC(C)(C)NC(=O)c1sc(-c2ccc(Cl)s2)nc1C. The molecule has 0 aliphatic heterocycles. The second kappa shape index (κ2) is 5.84. The Morgan fingerprint density at radius 1 is 1.40 bits per heavy atom. The van der Waals surface area contributed by atoms with E-state index in [9.17, 15) is 4.79 Å². The highest BCUT2D eigenvalue weighted by Crippen LogP contribution is 2.35. The Morgan fingerprint density at radius 3 is 2.65 bits per heavy atom. The normalized spacial score (nSPS) is 11.7. The first-order chi connectivity index (χ1) is 9.32. The molecule has 0 atom stereocenters. The summed E-state index contributed by atoms with van der Waals surface area (Å²) in [6.07, 6.45) is 0.879. The quantitative estimate of drug-likeness (QED) is 0.879. The molecular formula is C14H17ClN2OS2. The molecule has 0 saturated heterocycles. The number of aryl methyl sites for hydroxylation is 1. The van der Waals surface area contributed by atoms with Crippen LogP contribution in [-0.2, 0) is 0 Å². The molecule has 0 fully saturated rings. The van der Waals surface area contributed by atoms with E-state index in [1.54, 1.807) is 0 Å². The van der Waals surface area contributed by atoms with Gasteiger partial charge in [-0.05, 0) is 39.3 Å². The van der Waals surface area contributed by atoms with Crippen LogP contribution in [0.5, 0.6) is 0 Å². The molecule has 2 aromatic rings. The Balaban J connectivity index is 2.26. The van der Waals surface area contributed by atoms with Crippen molar-refractivity contribution in [2.75, 3.05) is 0 Å². The van der Waals surface area contributed by atoms with Gasteiger partial charge in [-0.1, -0.05) is 18.5 Å². The molecule has 1 amide bonds. The van der Waals surface area contributed by atoms with Gasteiger partial charge in [0, 0.05) is 5.54 Å². The fourth-order valence-corrected chi connectivity index (χ4v) is 3.65. The van der Waals surface area contributed by atoms with Gasteiger partial charge in [0.05, 0.1) is 14.9 Å². The second-order valence-electron chi connectivity index (χ2n) is 5.23. The summed E-state index contributed by atoms with van der Waals surface area (Å²) in [5.74, 6) is -0.0549. The third-order valence-electron chi connectivity index (χ3n) is 3.12. The molecule has 20 heavy (non-hydrogen) atoms. The Hall–Kier alpha value is -0.910. The van der Waals surface area contributed by atoms with E-state index in [0.29, 0.717) is 4.88 Å². The van der Waals surface area contributed by atoms with E-state index < -0.39 is 0 Å². The van der Waals surface area contributed by atoms with Gasteiger partial charge in [0.25, 0.3) is 5.91 Å². The Bertz CT molecular complexity index is 631. The van der Waals surface area contributed by atoms with Gasteiger partial charge in [-0.25, -0.2) is 4.98 Å². The van der Waals surface area contributed by atoms with Crippen molar-refractivity contribution in [3.63, 3.8) is 0 Å². The number of thiazole rings is 1. The first-order valence-electron chi connectivity index (χ1n) is 6.38. The third-order valence-corrected chi connectivity index (χ3v) is 5.68. The fourth-order valence-electron chi connectivity index (χ4n) is 1.59. The average Bonchev–Trinajstić information content (AvgIpc) is 2.95. The summed E-state index contributed by atoms with van der Waals surface area (Å²) in [7, 11) is 0. The second-order valence-corrected chi connectivity index (χ2v) is 7.94. The standard InChI is InChI=1S/C14H17ClN2OS2/c1-5-14(3,4)17-12(18)11-8(2)16-13(20-11)9-6-7-10(15)19-9/h6-7H,5H2,1-4H3,(H,17,18). The van der Waals surface area contributed by atoms with E-state index in [0.717, 1.165) is 26.3 Å². The number of thiophene rings is 1. The van der Waals surface area contributed by atoms with E-state index in [4.69, 9.17) is 11.6 Å². The molecule has 2 aromatic heterocycles. The summed E-state index contributed by atoms with van der Waals surface area (Å²) >= 11 is 8.83. The van der Waals surface area contributed by atoms with Crippen molar-refractivity contribution in [2.24, 2.45) is 0 Å². The molecular weight excluding hydrogens is 312 g/mol. The largest absolute Gasteiger partial charge is 0.346 e. The van der Waals surface area contributed by atoms with Crippen LogP contribution < -0.4 is 5.32 Å². The Labute approximate surface area is 132 Å². The van der Waals surface area contributed by atoms with Gasteiger partial charge in [-0.15, -0.1) is 22.7 Å². The maximum Gasteiger partial charge on any atom is 0.263 e. The van der Waals surface area contributed by atoms with Crippen LogP contribution in [0.15, 0.2) is 12.1 Å². The molecule has 0 radical (unpaired) electrons. The van der Waals surface area contributed by atoms with Crippen molar-refractivity contribution in [1.82, 2.24) is 10.3 Å². The maximum atomic E-state index is 12.3. The van der Waals surface area contributed by atoms with Crippen molar-refractivity contribution >= 4 is 40.2 Å². The van der Waals surface area contributed by atoms with Crippen LogP contribution >= 0.6 is 34.3 Å². The predicted octanol–water partition coefficient (Wildman–Crippen LogP) is 4.75. The first-order valence-corrected chi connectivity index (χ1v) is 8.39. The molecule has 0 aromatic carbocycles. The number of aromatic nitrogens is 1. The molecule has 0 saturated carbocycles. The van der Waals surface area contributed by atoms with Crippen LogP contribution in [0.25, 0.3) is 9.88 Å². The Kier molecular flexibility index (Phi) is 4.52. The monoisotopic (exact) mass is 328 g/mol. The molecule has 6 heteroatoms. The smallest absolute Gasteiger partial charge is 0.263 e. The highest BCUT2D eigenvalue weighted by molar-refractivity contribution is 7.24. The first kappa shape index (κ1) is 15.5. The van der Waals surface area contributed by atoms with Crippen LogP contribution in [0.2, 0.25) is 4.34 Å². The number of carbonyl (C=O) groups excluding carboxylic acids is 1. The van der Waals surface area contributed by atoms with Gasteiger partial charge < -0.3 is 5.32 Å². The predicted molar refractivity (Wildman–Crippen MR) is 87.0 cm³/mol. The van der Waals surface area contributed by atoms with E-state index in [-0.39, 0.29) is 11.4 Å². The lowest BCUT2D eigenvalue weighted by Crippen LogP contribution is -2.42. The lowest BCUT2D eigenvalue weighted by Gasteiger charge is -2.24. The molecule has 2 rings (SSSR count). The third kappa shape index (κ3) is 3.40. The molecule has 0 bridgehead atoms. The number of hydrogen-bond acceptors (Lipinski definition) is 4. The van der Waals surface area contributed by atoms with Gasteiger partial charge >= 0.3 is 0 Å². The number of nitrogens with one attached hydrogen (secondary N) is 1. The molecule has 3 nitrogen and oxygen atoms in total. The van der Waals surface area contributed by atoms with Crippen molar-refractivity contribution in [3.8, 4) is 9.88 Å². The van der Waals surface area contributed by atoms with Gasteiger partial charge in [0.15, 0.2) is 0 Å². The van der Waals surface area contributed by atoms with Crippen LogP contribution in [0, 0.1) is 6.92 Å². The summed E-state index contributed by atoms with van der Waals surface area (Å²) in [5.41, 5.74) is 0.554. The fraction of sp³-hybridized carbons (Fsp3) is 0.429. The number of carbonyl (C=O) groups is 1. The average molecular weight is 329 g/mol. The maximum absolute atomic E-state index is 12.3. The summed E-state index contributed by atoms with van der Waals surface area (Å²) in [6.45, 7) is 7.95. The minimum absolute atomic E-state index is 0.0549. The van der Waals surface area contributed by atoms with E-state index in [1.165, 1.54) is 22.7 Å². The highest BCUT2D eigenvalue weighted by atomic mass is 35.5. The number of hydrogen-bond donors (Lipinski definition) is 1. The lowest BCUT2D eigenvalue weighted by atomic mass is 10.0. The minimum atomic E-state index is -0.208. The number of halogens is 1. The number of amides is 1. The molecule has 2 heterocycles. The number of rotatable bonds is 4. The van der Waals surface area contributed by atoms with Gasteiger partial charge in [-0.3, -0.25) is 4.79 Å². The van der Waals surface area contributed by atoms with Gasteiger partial charge in [0.1, 0.15) is 9.88 Å². The summed E-state index contributed by atoms with van der Waals surface area (Å²) < 4.78 is 0.728. The lowest BCUT2D eigenvalue weighted by molar-refractivity contribution is 0.0914. The zero-order valence-electron chi connectivity index (χ0n) is 11.9.